The van der Waals surface area contributed by atoms with Crippen molar-refractivity contribution in [3.63, 3.8) is 0 Å². The van der Waals surface area contributed by atoms with Crippen LogP contribution < -0.4 is 15.5 Å². The molecule has 2 N–H and O–H groups in total. The minimum atomic E-state index is -0.721. The second kappa shape index (κ2) is 9.86. The molecule has 0 unspecified atom stereocenters. The number of hydrogen-bond donors (Lipinski definition) is 2. The third-order valence-electron chi connectivity index (χ3n) is 4.76. The summed E-state index contributed by atoms with van der Waals surface area (Å²) >= 11 is 30.0. The van der Waals surface area contributed by atoms with Crippen molar-refractivity contribution in [1.29, 1.82) is 0 Å². The van der Waals surface area contributed by atoms with Crippen LogP contribution in [0.1, 0.15) is 10.4 Å². The molecule has 0 radical (unpaired) electrons. The highest BCUT2D eigenvalue weighted by Gasteiger charge is 2.39. The van der Waals surface area contributed by atoms with E-state index < -0.39 is 17.7 Å². The van der Waals surface area contributed by atoms with Gasteiger partial charge in [-0.1, -0.05) is 64.1 Å². The van der Waals surface area contributed by atoms with Crippen LogP contribution in [0.2, 0.25) is 20.1 Å². The molecule has 3 aromatic rings. The Hall–Kier alpha value is -2.74. The Morgan fingerprint density at radius 2 is 1.38 bits per heavy atom. The number of halogens is 5. The highest BCUT2D eigenvalue weighted by Crippen LogP contribution is 2.33. The smallest absolute Gasteiger partial charge is 0.283 e. The van der Waals surface area contributed by atoms with Crippen LogP contribution in [0.15, 0.2) is 71.4 Å². The largest absolute Gasteiger partial charge is 0.350 e. The number of rotatable bonds is 5. The standard InChI is InChI=1S/C23H12Cl5N3O3/c24-15-6-4-13(9-17(15)26)30-21(32)11-2-1-3-12(8-11)29-20-19(28)22(33)31(23(20)34)14-5-7-16(25)18(27)10-14/h1-10,29H,(H,30,32). The van der Waals surface area contributed by atoms with Crippen molar-refractivity contribution in [1.82, 2.24) is 0 Å². The molecule has 0 bridgehead atoms. The lowest BCUT2D eigenvalue weighted by Crippen LogP contribution is -2.32. The predicted octanol–water partition coefficient (Wildman–Crippen LogP) is 6.99. The molecule has 0 aromatic heterocycles. The van der Waals surface area contributed by atoms with Gasteiger partial charge in [-0.3, -0.25) is 14.4 Å². The first kappa shape index (κ1) is 24.4. The summed E-state index contributed by atoms with van der Waals surface area (Å²) in [5.41, 5.74) is 1.18. The zero-order valence-electron chi connectivity index (χ0n) is 16.8. The van der Waals surface area contributed by atoms with E-state index in [2.05, 4.69) is 10.6 Å². The van der Waals surface area contributed by atoms with E-state index in [1.807, 2.05) is 0 Å². The van der Waals surface area contributed by atoms with Crippen molar-refractivity contribution < 1.29 is 14.4 Å². The zero-order valence-corrected chi connectivity index (χ0v) is 20.6. The summed E-state index contributed by atoms with van der Waals surface area (Å²) in [5.74, 6) is -1.83. The quantitative estimate of drug-likeness (QED) is 0.333. The van der Waals surface area contributed by atoms with Crippen molar-refractivity contribution in [2.45, 2.75) is 0 Å². The Balaban J connectivity index is 1.54. The Bertz CT molecular complexity index is 1390. The number of carbonyl (C=O) groups excluding carboxylic acids is 3. The van der Waals surface area contributed by atoms with E-state index in [0.717, 1.165) is 4.90 Å². The van der Waals surface area contributed by atoms with Crippen LogP contribution in [0.3, 0.4) is 0 Å². The molecular formula is C23H12Cl5N3O3. The van der Waals surface area contributed by atoms with Crippen LogP contribution in [0.4, 0.5) is 17.1 Å². The molecule has 1 heterocycles. The van der Waals surface area contributed by atoms with Crippen molar-refractivity contribution in [2.75, 3.05) is 15.5 Å². The van der Waals surface area contributed by atoms with E-state index in [-0.39, 0.29) is 32.0 Å². The fourth-order valence-corrected chi connectivity index (χ4v) is 3.93. The van der Waals surface area contributed by atoms with Gasteiger partial charge in [0.2, 0.25) is 0 Å². The van der Waals surface area contributed by atoms with Gasteiger partial charge in [0.05, 0.1) is 25.8 Å². The SMILES string of the molecule is O=C(Nc1ccc(Cl)c(Cl)c1)c1cccc(NC2=C(Cl)C(=O)N(c3ccc(Cl)c(Cl)c3)C2=O)c1. The Kier molecular flexibility index (Phi) is 7.07. The molecular weight excluding hydrogens is 544 g/mol. The van der Waals surface area contributed by atoms with Crippen LogP contribution in [-0.4, -0.2) is 17.7 Å². The molecule has 4 rings (SSSR count). The normalized spacial score (nSPS) is 13.5. The molecule has 0 aliphatic carbocycles. The molecule has 3 amide bonds. The lowest BCUT2D eigenvalue weighted by molar-refractivity contribution is -0.120. The maximum atomic E-state index is 13.0. The van der Waals surface area contributed by atoms with E-state index in [1.54, 1.807) is 30.3 Å². The van der Waals surface area contributed by atoms with Gasteiger partial charge in [-0.15, -0.1) is 0 Å². The van der Waals surface area contributed by atoms with Crippen LogP contribution >= 0.6 is 58.0 Å². The number of carbonyl (C=O) groups is 3. The molecule has 0 saturated carbocycles. The molecule has 34 heavy (non-hydrogen) atoms. The fourth-order valence-electron chi connectivity index (χ4n) is 3.13. The number of hydrogen-bond acceptors (Lipinski definition) is 4. The van der Waals surface area contributed by atoms with Gasteiger partial charge in [-0.25, -0.2) is 4.90 Å². The molecule has 172 valence electrons. The van der Waals surface area contributed by atoms with Crippen LogP contribution in [0.25, 0.3) is 0 Å². The first-order valence-electron chi connectivity index (χ1n) is 9.53. The third kappa shape index (κ3) is 4.87. The van der Waals surface area contributed by atoms with Gasteiger partial charge in [0.1, 0.15) is 10.7 Å². The number of benzene rings is 3. The van der Waals surface area contributed by atoms with Crippen molar-refractivity contribution in [3.05, 3.63) is 97.0 Å². The average molecular weight is 556 g/mol. The van der Waals surface area contributed by atoms with Gasteiger partial charge in [-0.2, -0.15) is 0 Å². The molecule has 3 aromatic carbocycles. The summed E-state index contributed by atoms with van der Waals surface area (Å²) in [7, 11) is 0. The molecule has 0 spiro atoms. The van der Waals surface area contributed by atoms with Crippen LogP contribution in [-0.2, 0) is 9.59 Å². The number of imide groups is 1. The number of nitrogens with one attached hydrogen (secondary N) is 2. The lowest BCUT2D eigenvalue weighted by atomic mass is 10.1. The fraction of sp³-hybridized carbons (Fsp3) is 0. The maximum absolute atomic E-state index is 13.0. The van der Waals surface area contributed by atoms with Gasteiger partial charge < -0.3 is 10.6 Å². The van der Waals surface area contributed by atoms with Gasteiger partial charge in [0.15, 0.2) is 0 Å². The van der Waals surface area contributed by atoms with Gasteiger partial charge in [0, 0.05) is 16.9 Å². The molecule has 1 aliphatic heterocycles. The molecule has 6 nitrogen and oxygen atoms in total. The van der Waals surface area contributed by atoms with Crippen LogP contribution in [0.5, 0.6) is 0 Å². The van der Waals surface area contributed by atoms with E-state index in [4.69, 9.17) is 58.0 Å². The zero-order chi connectivity index (χ0) is 24.6. The predicted molar refractivity (Wildman–Crippen MR) is 136 cm³/mol. The van der Waals surface area contributed by atoms with Crippen molar-refractivity contribution in [2.24, 2.45) is 0 Å². The van der Waals surface area contributed by atoms with Gasteiger partial charge in [-0.05, 0) is 54.6 Å². The molecule has 0 fully saturated rings. The monoisotopic (exact) mass is 553 g/mol. The highest BCUT2D eigenvalue weighted by atomic mass is 35.5. The molecule has 0 saturated heterocycles. The number of anilines is 3. The summed E-state index contributed by atoms with van der Waals surface area (Å²) in [6.07, 6.45) is 0. The first-order valence-corrected chi connectivity index (χ1v) is 11.4. The summed E-state index contributed by atoms with van der Waals surface area (Å²) in [6.45, 7) is 0. The maximum Gasteiger partial charge on any atom is 0.283 e. The second-order valence-corrected chi connectivity index (χ2v) is 9.03. The van der Waals surface area contributed by atoms with Crippen LogP contribution in [0, 0.1) is 0 Å². The minimum absolute atomic E-state index is 0.139. The Morgan fingerprint density at radius 3 is 2.06 bits per heavy atom. The summed E-state index contributed by atoms with van der Waals surface area (Å²) in [5, 5.41) is 6.35. The summed E-state index contributed by atoms with van der Waals surface area (Å²) in [6, 6.07) is 15.3. The highest BCUT2D eigenvalue weighted by molar-refractivity contribution is 6.53. The van der Waals surface area contributed by atoms with Gasteiger partial charge >= 0.3 is 0 Å². The Morgan fingerprint density at radius 1 is 0.706 bits per heavy atom. The first-order chi connectivity index (χ1) is 16.2. The van der Waals surface area contributed by atoms with E-state index in [1.165, 1.54) is 30.3 Å². The average Bonchev–Trinajstić information content (AvgIpc) is 3.01. The number of amides is 3. The number of nitrogens with zero attached hydrogens (tertiary/aromatic N) is 1. The minimum Gasteiger partial charge on any atom is -0.350 e. The molecule has 11 heteroatoms. The second-order valence-electron chi connectivity index (χ2n) is 7.02. The topological polar surface area (TPSA) is 78.5 Å². The van der Waals surface area contributed by atoms with Crippen molar-refractivity contribution >= 4 is 92.8 Å². The summed E-state index contributed by atoms with van der Waals surface area (Å²) in [4.78, 5) is 39.2. The molecule has 1 aliphatic rings. The Labute approximate surface area is 219 Å². The third-order valence-corrected chi connectivity index (χ3v) is 6.59. The van der Waals surface area contributed by atoms with E-state index in [9.17, 15) is 14.4 Å². The van der Waals surface area contributed by atoms with Crippen molar-refractivity contribution in [3.8, 4) is 0 Å². The lowest BCUT2D eigenvalue weighted by Gasteiger charge is -2.16. The van der Waals surface area contributed by atoms with E-state index in [0.29, 0.717) is 21.4 Å². The summed E-state index contributed by atoms with van der Waals surface area (Å²) < 4.78 is 0. The molecule has 0 atom stereocenters. The van der Waals surface area contributed by atoms with Gasteiger partial charge in [0.25, 0.3) is 17.7 Å². The van der Waals surface area contributed by atoms with E-state index >= 15 is 0 Å².